The number of ether oxygens (including phenoxy) is 13. The van der Waals surface area contributed by atoms with E-state index in [0.717, 1.165) is 83.1 Å². The van der Waals surface area contributed by atoms with Crippen LogP contribution in [-0.2, 0) is 177 Å². The van der Waals surface area contributed by atoms with Crippen molar-refractivity contribution in [1.82, 2.24) is 58.1 Å². The lowest BCUT2D eigenvalue weighted by atomic mass is 9.88. The molecule has 3 fully saturated rings. The maximum atomic E-state index is 14.3. The van der Waals surface area contributed by atoms with E-state index >= 15 is 0 Å². The van der Waals surface area contributed by atoms with Gasteiger partial charge < -0.3 is 125 Å². The van der Waals surface area contributed by atoms with Gasteiger partial charge in [-0.3, -0.25) is 110 Å². The monoisotopic (exact) mass is 1910 g/mol. The van der Waals surface area contributed by atoms with E-state index in [2.05, 4.69) is 53.2 Å². The second-order valence-electron chi connectivity index (χ2n) is 31.7. The number of amides is 11. The van der Waals surface area contributed by atoms with Gasteiger partial charge in [-0.15, -0.1) is 0 Å². The lowest BCUT2D eigenvalue weighted by molar-refractivity contribution is -0.222. The summed E-state index contributed by atoms with van der Waals surface area (Å²) in [6, 6.07) is -5.54. The Morgan fingerprint density at radius 3 is 0.881 bits per heavy atom. The molecular formula is C85H129N11O38. The van der Waals surface area contributed by atoms with Crippen LogP contribution < -0.4 is 53.2 Å². The molecule has 11 amide bonds. The van der Waals surface area contributed by atoms with Gasteiger partial charge in [0.2, 0.25) is 65.0 Å². The molecule has 0 radical (unpaired) electrons. The highest BCUT2D eigenvalue weighted by molar-refractivity contribution is 5.91. The van der Waals surface area contributed by atoms with Crippen molar-refractivity contribution in [3.63, 3.8) is 0 Å². The van der Waals surface area contributed by atoms with Gasteiger partial charge >= 0.3 is 59.7 Å². The summed E-state index contributed by atoms with van der Waals surface area (Å²) < 4.78 is 70.7. The quantitative estimate of drug-likeness (QED) is 0.0161. The molecule has 0 bridgehead atoms. The van der Waals surface area contributed by atoms with Crippen LogP contribution in [0.2, 0.25) is 0 Å². The van der Waals surface area contributed by atoms with Crippen LogP contribution in [0.1, 0.15) is 212 Å². The second-order valence-corrected chi connectivity index (χ2v) is 31.7. The Balaban J connectivity index is 1.70. The number of ketones is 3. The topological polar surface area (TPSA) is 673 Å². The van der Waals surface area contributed by atoms with Crippen LogP contribution in [0.4, 0.5) is 0 Å². The number of hydrogen-bond acceptors (Lipinski definition) is 37. The summed E-state index contributed by atoms with van der Waals surface area (Å²) in [5.74, 6) is -17.1. The molecule has 0 aliphatic carbocycles. The molecule has 0 saturated carbocycles. The van der Waals surface area contributed by atoms with Crippen molar-refractivity contribution >= 4 is 142 Å². The minimum Gasteiger partial charge on any atom is -0.480 e. The van der Waals surface area contributed by atoms with E-state index in [1.165, 1.54) is 4.90 Å². The minimum absolute atomic E-state index is 0.0327. The number of carboxylic acids is 1. The molecule has 0 aromatic rings. The highest BCUT2D eigenvalue weighted by atomic mass is 16.7. The van der Waals surface area contributed by atoms with Crippen LogP contribution in [0.5, 0.6) is 0 Å². The van der Waals surface area contributed by atoms with E-state index in [4.69, 9.17) is 66.7 Å². The van der Waals surface area contributed by atoms with E-state index in [1.807, 2.05) is 0 Å². The van der Waals surface area contributed by atoms with Crippen molar-refractivity contribution in [2.24, 2.45) is 0 Å². The van der Waals surface area contributed by atoms with Crippen molar-refractivity contribution in [3.8, 4) is 0 Å². The number of hydrogen-bond donors (Lipinski definition) is 11. The molecule has 16 atom stereocenters. The fourth-order valence-electron chi connectivity index (χ4n) is 14.4. The van der Waals surface area contributed by atoms with Gasteiger partial charge in [0.05, 0.1) is 6.61 Å². The molecular weight excluding hydrogens is 1780 g/mol. The van der Waals surface area contributed by atoms with Crippen LogP contribution in [0.15, 0.2) is 0 Å². The van der Waals surface area contributed by atoms with Gasteiger partial charge in [0, 0.05) is 200 Å². The maximum Gasteiger partial charge on any atom is 0.329 e. The third-order valence-corrected chi connectivity index (χ3v) is 20.1. The van der Waals surface area contributed by atoms with E-state index in [9.17, 15) is 115 Å². The molecule has 11 N–H and O–H groups in total. The van der Waals surface area contributed by atoms with E-state index < -0.39 is 272 Å². The number of nitrogens with zero attached hydrogens (tertiary/aromatic N) is 1. The zero-order valence-electron chi connectivity index (χ0n) is 77.6. The van der Waals surface area contributed by atoms with E-state index in [0.29, 0.717) is 12.8 Å². The molecule has 3 rings (SSSR count). The zero-order valence-corrected chi connectivity index (χ0v) is 77.6. The predicted octanol–water partition coefficient (Wildman–Crippen LogP) is -3.30. The van der Waals surface area contributed by atoms with Gasteiger partial charge in [0.1, 0.15) is 87.2 Å². The Hall–Kier alpha value is -12.3. The molecule has 752 valence electrons. The normalized spacial score (nSPS) is 21.2. The Kier molecular flexibility index (Phi) is 53.8. The lowest BCUT2D eigenvalue weighted by Crippen LogP contribution is -2.67. The van der Waals surface area contributed by atoms with E-state index in [1.54, 1.807) is 0 Å². The minimum atomic E-state index is -1.54. The van der Waals surface area contributed by atoms with Gasteiger partial charge in [0.15, 0.2) is 54.0 Å². The highest BCUT2D eigenvalue weighted by Crippen LogP contribution is 2.33. The number of carbonyl (C=O) groups excluding carboxylic acids is 23. The van der Waals surface area contributed by atoms with Crippen LogP contribution >= 0.6 is 0 Å². The molecule has 49 heteroatoms. The number of unbranched alkanes of at least 4 members (excludes halogenated alkanes) is 3. The molecule has 0 spiro atoms. The summed E-state index contributed by atoms with van der Waals surface area (Å²) in [6.07, 6.45) is -18.5. The van der Waals surface area contributed by atoms with Gasteiger partial charge in [-0.2, -0.15) is 0 Å². The molecule has 3 saturated heterocycles. The zero-order chi connectivity index (χ0) is 100. The Bertz CT molecular complexity index is 3920. The first-order valence-electron chi connectivity index (χ1n) is 44.0. The van der Waals surface area contributed by atoms with Crippen LogP contribution in [-0.4, -0.2) is 335 Å². The molecule has 0 aromatic carbocycles. The van der Waals surface area contributed by atoms with Gasteiger partial charge in [-0.25, -0.2) is 4.79 Å². The lowest BCUT2D eigenvalue weighted by Gasteiger charge is -2.44. The third-order valence-electron chi connectivity index (χ3n) is 20.1. The largest absolute Gasteiger partial charge is 0.480 e. The molecule has 3 heterocycles. The summed E-state index contributed by atoms with van der Waals surface area (Å²) in [5, 5.41) is 35.3. The summed E-state index contributed by atoms with van der Waals surface area (Å²) in [6.45, 7) is 9.80. The summed E-state index contributed by atoms with van der Waals surface area (Å²) in [4.78, 5) is 307. The number of aliphatic carboxylic acids is 1. The van der Waals surface area contributed by atoms with Crippen molar-refractivity contribution in [1.29, 1.82) is 0 Å². The Morgan fingerprint density at radius 2 is 0.597 bits per heavy atom. The van der Waals surface area contributed by atoms with Gasteiger partial charge in [0.25, 0.3) is 0 Å². The number of carboxylic acid groups (broad SMARTS) is 1. The summed E-state index contributed by atoms with van der Waals surface area (Å²) >= 11 is 0. The summed E-state index contributed by atoms with van der Waals surface area (Å²) in [5.41, 5.74) is 0. The Morgan fingerprint density at radius 1 is 0.313 bits per heavy atom. The van der Waals surface area contributed by atoms with E-state index in [-0.39, 0.29) is 168 Å². The molecule has 0 aromatic heterocycles. The first-order valence-corrected chi connectivity index (χ1v) is 44.0. The SMILES string of the molecule is CC(=O)NC1C(C(=O)CCCC(=O)NCCCCC(=O)NCCN(CCNC(=O)CCCCNC(=O)CCCC(=O)C2OC(COC(C)=O)C(OC(C)=O)C(OC(C)=O)C2NC(C)=O)C(=O)CC[C@H](NC(=O)CCCCNC(=O)CCCC(=O)C2OC(COC(C)=O)C(OC(C)=O)C(OC(C)=O)C2NC(C)=O)C(=O)NCCOCC(=O)O)OC(COC(C)=O)C(OC(C)=O)C1OC(C)=O. The predicted molar refractivity (Wildman–Crippen MR) is 454 cm³/mol. The number of carbonyl (C=O) groups is 24. The molecule has 134 heavy (non-hydrogen) atoms. The maximum absolute atomic E-state index is 14.3. The summed E-state index contributed by atoms with van der Waals surface area (Å²) in [7, 11) is 0. The van der Waals surface area contributed by atoms with Crippen molar-refractivity contribution in [2.75, 3.05) is 85.4 Å². The molecule has 3 aliphatic heterocycles. The first-order chi connectivity index (χ1) is 63.3. The third kappa shape index (κ3) is 46.9. The second kappa shape index (κ2) is 62.2. The smallest absolute Gasteiger partial charge is 0.329 e. The molecule has 49 nitrogen and oxygen atoms in total. The fourth-order valence-corrected chi connectivity index (χ4v) is 14.4. The van der Waals surface area contributed by atoms with Crippen molar-refractivity contribution in [2.45, 2.75) is 309 Å². The van der Waals surface area contributed by atoms with Crippen molar-refractivity contribution in [3.05, 3.63) is 0 Å². The number of Topliss-reactive ketones (excluding diaryl/α,β-unsaturated/α-hetero) is 3. The highest BCUT2D eigenvalue weighted by Gasteiger charge is 2.56. The Labute approximate surface area is 773 Å². The molecule has 3 aliphatic rings. The van der Waals surface area contributed by atoms with Gasteiger partial charge in [-0.05, 0) is 64.2 Å². The number of rotatable bonds is 61. The van der Waals surface area contributed by atoms with Crippen LogP contribution in [0.3, 0.4) is 0 Å². The number of nitrogens with one attached hydrogen (secondary N) is 10. The average Bonchev–Trinajstić information content (AvgIpc) is 0.787. The van der Waals surface area contributed by atoms with Crippen LogP contribution in [0.25, 0.3) is 0 Å². The fraction of sp³-hybridized carbons (Fsp3) is 0.718. The number of esters is 9. The molecule has 15 unspecified atom stereocenters. The first kappa shape index (κ1) is 116. The average molecular weight is 1910 g/mol. The standard InChI is InChI=1S/C85H129N11O38/c1-46(97)92-73-76(132-62(42-123-49(4)100)79(126-52(7)103)82(73)129-55(10)106)59(109)22-19-28-67(114)86-33-16-13-25-65(112)89-36-39-96(40-37-90-66(113)26-14-17-34-87-68(115)29-20-23-60(110)77-74(93-47(2)98)83(130-56(11)107)80(127-53(8)104)63(133-77)43-124-50(5)101)71(118)32-31-58(85(121)91-38-41-122-45-72(119)120)95-70(117)27-15-18-35-88-69(116)30-21-24-61(111)78-75(94-48(3)99)84(131-57(12)108)81(128-54(9)105)64(134-78)44-125-51(6)102/h58,62-64,73-84H,13-45H2,1-12H3,(H,86,114)(H,87,115)(H,88,116)(H,89,112)(H,90,113)(H,91,121)(H,92,97)(H,93,98)(H,94,99)(H,95,117)(H,119,120)/t58-,62?,63?,64?,73?,74?,75?,76?,77?,78?,79?,80?,81?,82?,83?,84?/m0/s1. The van der Waals surface area contributed by atoms with Gasteiger partial charge in [-0.1, -0.05) is 0 Å². The van der Waals surface area contributed by atoms with Crippen LogP contribution in [0, 0.1) is 0 Å². The van der Waals surface area contributed by atoms with Crippen molar-refractivity contribution < 1.29 is 182 Å².